The van der Waals surface area contributed by atoms with Crippen LogP contribution < -0.4 is 15.4 Å². The zero-order valence-corrected chi connectivity index (χ0v) is 18.5. The third-order valence-corrected chi connectivity index (χ3v) is 6.56. The molecule has 0 bridgehead atoms. The second-order valence-corrected chi connectivity index (χ2v) is 8.78. The molecule has 1 aliphatic heterocycles. The van der Waals surface area contributed by atoms with Gasteiger partial charge in [0.25, 0.3) is 5.91 Å². The van der Waals surface area contributed by atoms with Crippen LogP contribution in [-0.2, 0) is 17.9 Å². The molecular formula is C25H18ClN3O2S. The maximum absolute atomic E-state index is 12.8. The lowest BCUT2D eigenvalue weighted by Gasteiger charge is -2.06. The van der Waals surface area contributed by atoms with E-state index in [0.29, 0.717) is 43.9 Å². The summed E-state index contributed by atoms with van der Waals surface area (Å²) in [5.41, 5.74) is 2.43. The van der Waals surface area contributed by atoms with Crippen LogP contribution in [0.25, 0.3) is 5.57 Å². The third kappa shape index (κ3) is 3.90. The summed E-state index contributed by atoms with van der Waals surface area (Å²) in [7, 11) is 0. The van der Waals surface area contributed by atoms with E-state index in [4.69, 9.17) is 16.6 Å². The number of aromatic nitrogens is 1. The lowest BCUT2D eigenvalue weighted by Crippen LogP contribution is -2.22. The molecule has 1 amide bonds. The molecule has 2 heterocycles. The van der Waals surface area contributed by atoms with E-state index in [1.165, 1.54) is 11.3 Å². The molecule has 4 aromatic rings. The second kappa shape index (κ2) is 8.57. The van der Waals surface area contributed by atoms with Gasteiger partial charge in [-0.15, -0.1) is 0 Å². The van der Waals surface area contributed by atoms with E-state index in [2.05, 4.69) is 4.99 Å². The summed E-state index contributed by atoms with van der Waals surface area (Å²) in [6.45, 7) is 0.892. The number of fused-ring (bicyclic) bond motifs is 1. The molecule has 32 heavy (non-hydrogen) atoms. The van der Waals surface area contributed by atoms with Gasteiger partial charge in [-0.1, -0.05) is 83.6 Å². The van der Waals surface area contributed by atoms with Crippen LogP contribution in [0.4, 0.5) is 0 Å². The predicted molar refractivity (Wildman–Crippen MR) is 125 cm³/mol. The minimum atomic E-state index is -0.389. The zero-order valence-electron chi connectivity index (χ0n) is 16.9. The van der Waals surface area contributed by atoms with E-state index < -0.39 is 0 Å². The first-order valence-corrected chi connectivity index (χ1v) is 11.2. The summed E-state index contributed by atoms with van der Waals surface area (Å²) in [5.74, 6) is -0.391. The first-order valence-electron chi connectivity index (χ1n) is 10.0. The first-order chi connectivity index (χ1) is 15.6. The Bertz CT molecular complexity index is 1510. The lowest BCUT2D eigenvalue weighted by atomic mass is 10.1. The molecule has 3 aromatic carbocycles. The number of halogens is 1. The van der Waals surface area contributed by atoms with Crippen LogP contribution in [-0.4, -0.2) is 15.6 Å². The predicted octanol–water partition coefficient (Wildman–Crippen LogP) is 3.42. The van der Waals surface area contributed by atoms with E-state index in [1.54, 1.807) is 22.8 Å². The minimum Gasteiger partial charge on any atom is -0.493 e. The van der Waals surface area contributed by atoms with Crippen molar-refractivity contribution < 1.29 is 9.90 Å². The minimum absolute atomic E-state index is 0.00274. The van der Waals surface area contributed by atoms with Gasteiger partial charge in [-0.05, 0) is 29.3 Å². The number of carbonyl (C=O) groups excluding carboxylic acids is 1. The summed E-state index contributed by atoms with van der Waals surface area (Å²) in [4.78, 5) is 22.7. The van der Waals surface area contributed by atoms with Gasteiger partial charge in [0.2, 0.25) is 5.88 Å². The molecule has 0 atom stereocenters. The van der Waals surface area contributed by atoms with Crippen molar-refractivity contribution in [2.24, 2.45) is 9.98 Å². The highest BCUT2D eigenvalue weighted by atomic mass is 35.5. The van der Waals surface area contributed by atoms with Gasteiger partial charge in [0.05, 0.1) is 24.0 Å². The Morgan fingerprint density at radius 2 is 1.66 bits per heavy atom. The molecule has 0 aliphatic carbocycles. The van der Waals surface area contributed by atoms with E-state index in [9.17, 15) is 9.90 Å². The normalized spacial score (nSPS) is 13.3. The number of hydrogen-bond acceptors (Lipinski definition) is 4. The number of carbonyl (C=O) groups is 1. The van der Waals surface area contributed by atoms with Crippen LogP contribution in [0.1, 0.15) is 16.0 Å². The summed E-state index contributed by atoms with van der Waals surface area (Å²) in [6.07, 6.45) is 0. The van der Waals surface area contributed by atoms with Crippen LogP contribution >= 0.6 is 22.9 Å². The van der Waals surface area contributed by atoms with Crippen molar-refractivity contribution in [2.45, 2.75) is 13.1 Å². The van der Waals surface area contributed by atoms with Gasteiger partial charge in [0, 0.05) is 10.2 Å². The Morgan fingerprint density at radius 1 is 0.969 bits per heavy atom. The third-order valence-electron chi connectivity index (χ3n) is 5.20. The molecular weight excluding hydrogens is 442 g/mol. The number of hydrogen-bond donors (Lipinski definition) is 1. The maximum atomic E-state index is 12.8. The Morgan fingerprint density at radius 3 is 2.38 bits per heavy atom. The summed E-state index contributed by atoms with van der Waals surface area (Å²) in [5, 5.41) is 12.9. The molecule has 0 radical (unpaired) electrons. The number of nitrogens with zero attached hydrogens (tertiary/aromatic N) is 3. The number of rotatable bonds is 5. The van der Waals surface area contributed by atoms with E-state index >= 15 is 0 Å². The van der Waals surface area contributed by atoms with Crippen LogP contribution in [0.5, 0.6) is 5.88 Å². The Kier molecular flexibility index (Phi) is 5.47. The fourth-order valence-electron chi connectivity index (χ4n) is 3.64. The summed E-state index contributed by atoms with van der Waals surface area (Å²) >= 11 is 7.46. The zero-order chi connectivity index (χ0) is 22.1. The molecule has 0 fully saturated rings. The van der Waals surface area contributed by atoms with Crippen LogP contribution in [0, 0.1) is 0 Å². The second-order valence-electron chi connectivity index (χ2n) is 7.36. The highest BCUT2D eigenvalue weighted by Gasteiger charge is 2.25. The molecule has 0 saturated heterocycles. The van der Waals surface area contributed by atoms with Crippen LogP contribution in [0.2, 0.25) is 5.02 Å². The fraction of sp³-hybridized carbons (Fsp3) is 0.0800. The first kappa shape index (κ1) is 20.4. The lowest BCUT2D eigenvalue weighted by molar-refractivity contribution is -0.112. The summed E-state index contributed by atoms with van der Waals surface area (Å²) in [6, 6.07) is 24.9. The molecule has 7 heteroatoms. The number of amides is 1. The Balaban J connectivity index is 1.69. The van der Waals surface area contributed by atoms with E-state index in [-0.39, 0.29) is 11.8 Å². The van der Waals surface area contributed by atoms with Crippen molar-refractivity contribution >= 4 is 34.4 Å². The molecule has 5 rings (SSSR count). The largest absolute Gasteiger partial charge is 0.493 e. The fourth-order valence-corrected chi connectivity index (χ4v) is 4.89. The molecule has 1 aliphatic rings. The molecule has 0 unspecified atom stereocenters. The highest BCUT2D eigenvalue weighted by molar-refractivity contribution is 7.11. The smallest absolute Gasteiger partial charge is 0.279 e. The van der Waals surface area contributed by atoms with Crippen molar-refractivity contribution in [3.05, 3.63) is 115 Å². The Labute approximate surface area is 192 Å². The van der Waals surface area contributed by atoms with Crippen molar-refractivity contribution in [1.29, 1.82) is 0 Å². The number of benzene rings is 3. The number of thiazole rings is 1. The molecule has 5 nitrogen and oxygen atoms in total. The average Bonchev–Trinajstić information content (AvgIpc) is 3.29. The van der Waals surface area contributed by atoms with Crippen molar-refractivity contribution in [3.8, 4) is 5.88 Å². The van der Waals surface area contributed by atoms with Gasteiger partial charge in [-0.3, -0.25) is 14.4 Å². The molecule has 0 saturated carbocycles. The van der Waals surface area contributed by atoms with Crippen molar-refractivity contribution in [1.82, 2.24) is 4.57 Å². The summed E-state index contributed by atoms with van der Waals surface area (Å²) < 4.78 is 1.74. The molecule has 1 aromatic heterocycles. The quantitative estimate of drug-likeness (QED) is 0.497. The van der Waals surface area contributed by atoms with Gasteiger partial charge in [-0.25, -0.2) is 4.99 Å². The van der Waals surface area contributed by atoms with Gasteiger partial charge >= 0.3 is 0 Å². The SMILES string of the molecule is O=C1N=c2ccc(Cl)cc2=C1c1sc(=NCc2ccccc2)n(Cc2ccccc2)c1O. The average molecular weight is 460 g/mol. The van der Waals surface area contributed by atoms with Crippen molar-refractivity contribution in [2.75, 3.05) is 0 Å². The topological polar surface area (TPSA) is 67.0 Å². The van der Waals surface area contributed by atoms with Crippen LogP contribution in [0.3, 0.4) is 0 Å². The molecule has 158 valence electrons. The number of aromatic hydroxyl groups is 1. The molecule has 0 spiro atoms. The van der Waals surface area contributed by atoms with Gasteiger partial charge in [0.1, 0.15) is 4.88 Å². The van der Waals surface area contributed by atoms with Gasteiger partial charge < -0.3 is 5.11 Å². The Hall–Kier alpha value is -3.48. The van der Waals surface area contributed by atoms with Gasteiger partial charge in [-0.2, -0.15) is 0 Å². The van der Waals surface area contributed by atoms with Crippen molar-refractivity contribution in [3.63, 3.8) is 0 Å². The highest BCUT2D eigenvalue weighted by Crippen LogP contribution is 2.29. The monoisotopic (exact) mass is 459 g/mol. The van der Waals surface area contributed by atoms with Crippen LogP contribution in [0.15, 0.2) is 88.8 Å². The van der Waals surface area contributed by atoms with Gasteiger partial charge in [0.15, 0.2) is 4.80 Å². The van der Waals surface area contributed by atoms with E-state index in [1.807, 2.05) is 60.7 Å². The molecule has 1 N–H and O–H groups in total. The van der Waals surface area contributed by atoms with E-state index in [0.717, 1.165) is 11.1 Å². The standard InChI is InChI=1S/C25H18ClN3O2S/c26-18-11-12-20-19(13-18)21(23(30)28-20)22-24(31)29(15-17-9-5-2-6-10-17)25(32-22)27-14-16-7-3-1-4-8-16/h1-13,31H,14-15H2. The maximum Gasteiger partial charge on any atom is 0.279 e.